The van der Waals surface area contributed by atoms with Gasteiger partial charge in [-0.2, -0.15) is 0 Å². The first-order chi connectivity index (χ1) is 12.6. The molecule has 0 radical (unpaired) electrons. The third kappa shape index (κ3) is 4.29. The summed E-state index contributed by atoms with van der Waals surface area (Å²) in [5.41, 5.74) is 4.05. The molecular weight excluding hydrogens is 366 g/mol. The van der Waals surface area contributed by atoms with Crippen molar-refractivity contribution >= 4 is 35.0 Å². The maximum atomic E-state index is 12.4. The number of nitrogens with one attached hydrogen (secondary N) is 1. The summed E-state index contributed by atoms with van der Waals surface area (Å²) in [6.07, 6.45) is 4.46. The SMILES string of the molecule is CCc1cccc(C)c1NC(=O)CSc1nccn1-c1cccc(Cl)c1. The molecule has 0 unspecified atom stereocenters. The zero-order valence-corrected chi connectivity index (χ0v) is 16.3. The number of amides is 1. The fourth-order valence-electron chi connectivity index (χ4n) is 2.73. The Kier molecular flexibility index (Phi) is 6.01. The van der Waals surface area contributed by atoms with Gasteiger partial charge in [-0.25, -0.2) is 4.98 Å². The van der Waals surface area contributed by atoms with E-state index in [1.807, 2.05) is 60.2 Å². The Bertz CT molecular complexity index is 923. The topological polar surface area (TPSA) is 46.9 Å². The van der Waals surface area contributed by atoms with Crippen LogP contribution in [0.15, 0.2) is 60.0 Å². The van der Waals surface area contributed by atoms with Crippen molar-refractivity contribution in [2.24, 2.45) is 0 Å². The van der Waals surface area contributed by atoms with Gasteiger partial charge in [0.15, 0.2) is 5.16 Å². The Morgan fingerprint density at radius 2 is 2.08 bits per heavy atom. The minimum atomic E-state index is -0.0420. The average Bonchev–Trinajstić information content (AvgIpc) is 3.10. The van der Waals surface area contributed by atoms with Gasteiger partial charge in [0.05, 0.1) is 5.75 Å². The highest BCUT2D eigenvalue weighted by Crippen LogP contribution is 2.24. The molecule has 0 fully saturated rings. The molecule has 0 aliphatic rings. The van der Waals surface area contributed by atoms with E-state index < -0.39 is 0 Å². The summed E-state index contributed by atoms with van der Waals surface area (Å²) in [4.78, 5) is 16.8. The van der Waals surface area contributed by atoms with Gasteiger partial charge in [0.1, 0.15) is 0 Å². The van der Waals surface area contributed by atoms with Gasteiger partial charge in [0, 0.05) is 28.8 Å². The largest absolute Gasteiger partial charge is 0.325 e. The number of nitrogens with zero attached hydrogens (tertiary/aromatic N) is 2. The van der Waals surface area contributed by atoms with Crippen LogP contribution in [-0.2, 0) is 11.2 Å². The normalized spacial score (nSPS) is 10.7. The van der Waals surface area contributed by atoms with Crippen LogP contribution >= 0.6 is 23.4 Å². The number of carbonyl (C=O) groups excluding carboxylic acids is 1. The summed E-state index contributed by atoms with van der Waals surface area (Å²) in [6.45, 7) is 4.09. The number of benzene rings is 2. The van der Waals surface area contributed by atoms with Crippen LogP contribution in [0.4, 0.5) is 5.69 Å². The summed E-state index contributed by atoms with van der Waals surface area (Å²) in [7, 11) is 0. The number of aryl methyl sites for hydroxylation is 2. The monoisotopic (exact) mass is 385 g/mol. The van der Waals surface area contributed by atoms with Crippen molar-refractivity contribution in [2.45, 2.75) is 25.4 Å². The van der Waals surface area contributed by atoms with Gasteiger partial charge in [-0.15, -0.1) is 0 Å². The predicted octanol–water partition coefficient (Wildman–Crippen LogP) is 5.13. The molecule has 26 heavy (non-hydrogen) atoms. The number of carbonyl (C=O) groups is 1. The number of hydrogen-bond acceptors (Lipinski definition) is 3. The first-order valence-corrected chi connectivity index (χ1v) is 9.75. The number of para-hydroxylation sites is 1. The van der Waals surface area contributed by atoms with Crippen molar-refractivity contribution in [1.29, 1.82) is 0 Å². The number of aromatic nitrogens is 2. The first kappa shape index (κ1) is 18.5. The molecule has 0 spiro atoms. The molecule has 0 aliphatic carbocycles. The highest BCUT2D eigenvalue weighted by molar-refractivity contribution is 7.99. The second kappa shape index (κ2) is 8.43. The maximum Gasteiger partial charge on any atom is 0.234 e. The molecule has 1 aromatic heterocycles. The van der Waals surface area contributed by atoms with E-state index in [2.05, 4.69) is 17.2 Å². The molecule has 0 atom stereocenters. The lowest BCUT2D eigenvalue weighted by molar-refractivity contribution is -0.113. The van der Waals surface area contributed by atoms with E-state index in [-0.39, 0.29) is 11.7 Å². The third-order valence-electron chi connectivity index (χ3n) is 4.03. The van der Waals surface area contributed by atoms with E-state index in [1.54, 1.807) is 6.20 Å². The Morgan fingerprint density at radius 1 is 1.27 bits per heavy atom. The molecule has 6 heteroatoms. The lowest BCUT2D eigenvalue weighted by atomic mass is 10.1. The Labute approximate surface area is 162 Å². The summed E-state index contributed by atoms with van der Waals surface area (Å²) < 4.78 is 1.93. The quantitative estimate of drug-likeness (QED) is 0.598. The van der Waals surface area contributed by atoms with E-state index >= 15 is 0 Å². The summed E-state index contributed by atoms with van der Waals surface area (Å²) in [5, 5.41) is 4.46. The van der Waals surface area contributed by atoms with Crippen LogP contribution in [0.5, 0.6) is 0 Å². The highest BCUT2D eigenvalue weighted by Gasteiger charge is 2.12. The molecule has 0 aliphatic heterocycles. The average molecular weight is 386 g/mol. The molecular formula is C20H20ClN3OS. The number of anilines is 1. The second-order valence-electron chi connectivity index (χ2n) is 5.86. The zero-order valence-electron chi connectivity index (χ0n) is 14.7. The molecule has 0 saturated carbocycles. The van der Waals surface area contributed by atoms with Crippen LogP contribution in [0, 0.1) is 6.92 Å². The van der Waals surface area contributed by atoms with Crippen LogP contribution in [-0.4, -0.2) is 21.2 Å². The lowest BCUT2D eigenvalue weighted by Crippen LogP contribution is -2.16. The molecule has 2 aromatic carbocycles. The summed E-state index contributed by atoms with van der Waals surface area (Å²) >= 11 is 7.47. The molecule has 1 heterocycles. The smallest absolute Gasteiger partial charge is 0.234 e. The molecule has 4 nitrogen and oxygen atoms in total. The van der Waals surface area contributed by atoms with Gasteiger partial charge in [0.2, 0.25) is 5.91 Å². The fourth-order valence-corrected chi connectivity index (χ4v) is 3.68. The molecule has 0 saturated heterocycles. The van der Waals surface area contributed by atoms with Gasteiger partial charge in [-0.1, -0.05) is 54.6 Å². The highest BCUT2D eigenvalue weighted by atomic mass is 35.5. The van der Waals surface area contributed by atoms with Crippen molar-refractivity contribution in [1.82, 2.24) is 9.55 Å². The van der Waals surface area contributed by atoms with Crippen molar-refractivity contribution in [3.63, 3.8) is 0 Å². The molecule has 1 N–H and O–H groups in total. The minimum Gasteiger partial charge on any atom is -0.325 e. The van der Waals surface area contributed by atoms with Gasteiger partial charge >= 0.3 is 0 Å². The molecule has 3 rings (SSSR count). The Balaban J connectivity index is 1.69. The van der Waals surface area contributed by atoms with Crippen LogP contribution < -0.4 is 5.32 Å². The van der Waals surface area contributed by atoms with E-state index in [0.717, 1.165) is 34.1 Å². The van der Waals surface area contributed by atoms with Crippen LogP contribution in [0.1, 0.15) is 18.1 Å². The van der Waals surface area contributed by atoms with Crippen LogP contribution in [0.3, 0.4) is 0 Å². The number of rotatable bonds is 6. The number of thioether (sulfide) groups is 1. The number of halogens is 1. The van der Waals surface area contributed by atoms with Crippen LogP contribution in [0.25, 0.3) is 5.69 Å². The van der Waals surface area contributed by atoms with Crippen molar-refractivity contribution < 1.29 is 4.79 Å². The molecule has 1 amide bonds. The summed E-state index contributed by atoms with van der Waals surface area (Å²) in [6, 6.07) is 13.6. The van der Waals surface area contributed by atoms with Gasteiger partial charge in [0.25, 0.3) is 0 Å². The van der Waals surface area contributed by atoms with E-state index in [9.17, 15) is 4.79 Å². The van der Waals surface area contributed by atoms with E-state index in [0.29, 0.717) is 5.02 Å². The van der Waals surface area contributed by atoms with E-state index in [4.69, 9.17) is 11.6 Å². The lowest BCUT2D eigenvalue weighted by Gasteiger charge is -2.13. The Morgan fingerprint density at radius 3 is 2.85 bits per heavy atom. The standard InChI is InChI=1S/C20H20ClN3OS/c1-3-15-7-4-6-14(2)19(15)23-18(25)13-26-20-22-10-11-24(20)17-9-5-8-16(21)12-17/h4-12H,3,13H2,1-2H3,(H,23,25). The Hall–Kier alpha value is -2.24. The van der Waals surface area contributed by atoms with Crippen molar-refractivity contribution in [3.8, 4) is 5.69 Å². The van der Waals surface area contributed by atoms with Crippen molar-refractivity contribution in [2.75, 3.05) is 11.1 Å². The molecule has 134 valence electrons. The first-order valence-electron chi connectivity index (χ1n) is 8.39. The maximum absolute atomic E-state index is 12.4. The van der Waals surface area contributed by atoms with Crippen LogP contribution in [0.2, 0.25) is 5.02 Å². The minimum absolute atomic E-state index is 0.0420. The molecule has 3 aromatic rings. The zero-order chi connectivity index (χ0) is 18.5. The van der Waals surface area contributed by atoms with Gasteiger partial charge in [-0.05, 0) is 42.7 Å². The van der Waals surface area contributed by atoms with Gasteiger partial charge in [-0.3, -0.25) is 9.36 Å². The molecule has 0 bridgehead atoms. The second-order valence-corrected chi connectivity index (χ2v) is 7.24. The predicted molar refractivity (Wildman–Crippen MR) is 108 cm³/mol. The number of hydrogen-bond donors (Lipinski definition) is 1. The number of imidazole rings is 1. The van der Waals surface area contributed by atoms with E-state index in [1.165, 1.54) is 11.8 Å². The van der Waals surface area contributed by atoms with Crippen molar-refractivity contribution in [3.05, 3.63) is 71.0 Å². The fraction of sp³-hybridized carbons (Fsp3) is 0.200. The van der Waals surface area contributed by atoms with Gasteiger partial charge < -0.3 is 5.32 Å². The summed E-state index contributed by atoms with van der Waals surface area (Å²) in [5.74, 6) is 0.245. The third-order valence-corrected chi connectivity index (χ3v) is 5.23.